The molecular formula is C23H28N4O. The van der Waals surface area contributed by atoms with E-state index >= 15 is 0 Å². The maximum atomic E-state index is 12.6. The van der Waals surface area contributed by atoms with E-state index in [1.165, 1.54) is 16.7 Å². The summed E-state index contributed by atoms with van der Waals surface area (Å²) >= 11 is 0. The maximum absolute atomic E-state index is 12.6. The molecule has 1 amide bonds. The van der Waals surface area contributed by atoms with Crippen LogP contribution >= 0.6 is 0 Å². The van der Waals surface area contributed by atoms with Crippen LogP contribution in [-0.4, -0.2) is 34.2 Å². The predicted molar refractivity (Wildman–Crippen MR) is 114 cm³/mol. The van der Waals surface area contributed by atoms with E-state index in [1.807, 2.05) is 60.8 Å². The van der Waals surface area contributed by atoms with Gasteiger partial charge >= 0.3 is 0 Å². The van der Waals surface area contributed by atoms with Crippen molar-refractivity contribution >= 4 is 11.6 Å². The Kier molecular flexibility index (Phi) is 5.95. The number of nitrogens with one attached hydrogen (secondary N) is 1. The summed E-state index contributed by atoms with van der Waals surface area (Å²) in [6, 6.07) is 16.4. The number of rotatable bonds is 6. The Labute approximate surface area is 167 Å². The van der Waals surface area contributed by atoms with Gasteiger partial charge in [-0.3, -0.25) is 9.69 Å². The van der Waals surface area contributed by atoms with Gasteiger partial charge in [0.05, 0.1) is 29.3 Å². The first-order valence-corrected chi connectivity index (χ1v) is 9.51. The number of nitrogens with zero attached hydrogens (tertiary/aromatic N) is 3. The lowest BCUT2D eigenvalue weighted by atomic mass is 10.1. The van der Waals surface area contributed by atoms with Gasteiger partial charge in [-0.25, -0.2) is 4.68 Å². The number of carbonyl (C=O) groups is 1. The Morgan fingerprint density at radius 1 is 1.07 bits per heavy atom. The Hall–Kier alpha value is -2.92. The van der Waals surface area contributed by atoms with Crippen molar-refractivity contribution in [3.05, 3.63) is 76.6 Å². The molecule has 146 valence electrons. The van der Waals surface area contributed by atoms with Crippen LogP contribution in [0.4, 0.5) is 5.69 Å². The topological polar surface area (TPSA) is 50.2 Å². The van der Waals surface area contributed by atoms with E-state index in [2.05, 4.69) is 42.5 Å². The number of hydrogen-bond donors (Lipinski definition) is 1. The molecule has 1 aromatic heterocycles. The fourth-order valence-corrected chi connectivity index (χ4v) is 3.44. The van der Waals surface area contributed by atoms with Crippen LogP contribution in [0.2, 0.25) is 0 Å². The number of benzene rings is 2. The Morgan fingerprint density at radius 2 is 1.79 bits per heavy atom. The van der Waals surface area contributed by atoms with E-state index in [4.69, 9.17) is 0 Å². The maximum Gasteiger partial charge on any atom is 0.238 e. The number of aromatic nitrogens is 2. The van der Waals surface area contributed by atoms with Gasteiger partial charge in [0.1, 0.15) is 0 Å². The number of anilines is 1. The molecule has 0 unspecified atom stereocenters. The predicted octanol–water partition coefficient (Wildman–Crippen LogP) is 4.18. The van der Waals surface area contributed by atoms with Crippen molar-refractivity contribution in [2.24, 2.45) is 0 Å². The minimum absolute atomic E-state index is 0.0360. The van der Waals surface area contributed by atoms with Gasteiger partial charge in [-0.2, -0.15) is 5.10 Å². The highest BCUT2D eigenvalue weighted by molar-refractivity contribution is 5.93. The van der Waals surface area contributed by atoms with Crippen LogP contribution in [0.3, 0.4) is 0 Å². The molecule has 0 spiro atoms. The monoisotopic (exact) mass is 376 g/mol. The summed E-state index contributed by atoms with van der Waals surface area (Å²) in [5, 5.41) is 7.63. The normalized spacial score (nSPS) is 11.1. The molecule has 3 rings (SSSR count). The molecule has 3 aromatic rings. The number of aryl methyl sites for hydroxylation is 3. The highest BCUT2D eigenvalue weighted by Crippen LogP contribution is 2.22. The van der Waals surface area contributed by atoms with E-state index < -0.39 is 0 Å². The molecule has 0 atom stereocenters. The van der Waals surface area contributed by atoms with Crippen molar-refractivity contribution in [2.75, 3.05) is 18.9 Å². The quantitative estimate of drug-likeness (QED) is 0.702. The molecule has 0 saturated carbocycles. The highest BCUT2D eigenvalue weighted by Gasteiger charge is 2.16. The second-order valence-electron chi connectivity index (χ2n) is 7.44. The van der Waals surface area contributed by atoms with Crippen molar-refractivity contribution in [1.82, 2.24) is 14.7 Å². The summed E-state index contributed by atoms with van der Waals surface area (Å²) in [6.45, 7) is 9.15. The summed E-state index contributed by atoms with van der Waals surface area (Å²) < 4.78 is 1.87. The van der Waals surface area contributed by atoms with Crippen molar-refractivity contribution < 1.29 is 4.79 Å². The van der Waals surface area contributed by atoms with E-state index in [0.717, 1.165) is 29.3 Å². The molecule has 1 heterocycles. The molecule has 0 aliphatic heterocycles. The Bertz CT molecular complexity index is 976. The number of hydrogen-bond acceptors (Lipinski definition) is 3. The van der Waals surface area contributed by atoms with E-state index in [-0.39, 0.29) is 5.91 Å². The molecule has 0 radical (unpaired) electrons. The average molecular weight is 377 g/mol. The van der Waals surface area contributed by atoms with Crippen LogP contribution in [0.25, 0.3) is 5.69 Å². The molecule has 0 bridgehead atoms. The third-order valence-electron chi connectivity index (χ3n) is 4.91. The van der Waals surface area contributed by atoms with Crippen molar-refractivity contribution in [3.8, 4) is 5.69 Å². The van der Waals surface area contributed by atoms with Gasteiger partial charge in [-0.05, 0) is 58.0 Å². The van der Waals surface area contributed by atoms with Crippen molar-refractivity contribution in [3.63, 3.8) is 0 Å². The van der Waals surface area contributed by atoms with E-state index in [1.54, 1.807) is 0 Å². The fourth-order valence-electron chi connectivity index (χ4n) is 3.44. The summed E-state index contributed by atoms with van der Waals surface area (Å²) in [5.41, 5.74) is 7.25. The zero-order valence-corrected chi connectivity index (χ0v) is 17.3. The fraction of sp³-hybridized carbons (Fsp3) is 0.304. The second-order valence-corrected chi connectivity index (χ2v) is 7.44. The van der Waals surface area contributed by atoms with Gasteiger partial charge in [-0.15, -0.1) is 0 Å². The molecule has 0 saturated heterocycles. The van der Waals surface area contributed by atoms with Gasteiger partial charge < -0.3 is 5.32 Å². The lowest BCUT2D eigenvalue weighted by Crippen LogP contribution is -2.30. The summed E-state index contributed by atoms with van der Waals surface area (Å²) in [7, 11) is 1.96. The molecule has 5 nitrogen and oxygen atoms in total. The van der Waals surface area contributed by atoms with Gasteiger partial charge in [0, 0.05) is 6.54 Å². The molecule has 1 N–H and O–H groups in total. The minimum Gasteiger partial charge on any atom is -0.322 e. The Balaban J connectivity index is 1.67. The standard InChI is InChI=1S/C23H28N4O/c1-16-11-12-20(17(2)13-16)14-26(5)15-22(28)24-23-18(3)25-27(19(23)4)21-9-7-6-8-10-21/h6-13H,14-15H2,1-5H3,(H,24,28). The summed E-state index contributed by atoms with van der Waals surface area (Å²) in [5.74, 6) is -0.0360. The number of likely N-dealkylation sites (N-methyl/N-ethyl adjacent to an activating group) is 1. The van der Waals surface area contributed by atoms with Gasteiger partial charge in [0.25, 0.3) is 0 Å². The third-order valence-corrected chi connectivity index (χ3v) is 4.91. The third kappa shape index (κ3) is 4.49. The van der Waals surface area contributed by atoms with Crippen LogP contribution < -0.4 is 5.32 Å². The van der Waals surface area contributed by atoms with Crippen LogP contribution in [0.1, 0.15) is 28.1 Å². The molecular weight excluding hydrogens is 348 g/mol. The molecule has 5 heteroatoms. The van der Waals surface area contributed by atoms with Crippen molar-refractivity contribution in [1.29, 1.82) is 0 Å². The first-order valence-electron chi connectivity index (χ1n) is 9.51. The highest BCUT2D eigenvalue weighted by atomic mass is 16.2. The number of para-hydroxylation sites is 1. The van der Waals surface area contributed by atoms with E-state index in [0.29, 0.717) is 6.54 Å². The van der Waals surface area contributed by atoms with Gasteiger partial charge in [-0.1, -0.05) is 42.0 Å². The SMILES string of the molecule is Cc1ccc(CN(C)CC(=O)Nc2c(C)nn(-c3ccccc3)c2C)c(C)c1. The van der Waals surface area contributed by atoms with Crippen LogP contribution in [0.5, 0.6) is 0 Å². The number of carbonyl (C=O) groups excluding carboxylic acids is 1. The summed E-state index contributed by atoms with van der Waals surface area (Å²) in [6.07, 6.45) is 0. The zero-order chi connectivity index (χ0) is 20.3. The van der Waals surface area contributed by atoms with Gasteiger partial charge in [0.15, 0.2) is 0 Å². The molecule has 28 heavy (non-hydrogen) atoms. The van der Waals surface area contributed by atoms with E-state index in [9.17, 15) is 4.79 Å². The average Bonchev–Trinajstić information content (AvgIpc) is 2.93. The molecule has 0 fully saturated rings. The van der Waals surface area contributed by atoms with Gasteiger partial charge in [0.2, 0.25) is 5.91 Å². The largest absolute Gasteiger partial charge is 0.322 e. The first kappa shape index (κ1) is 19.8. The van der Waals surface area contributed by atoms with Crippen LogP contribution in [-0.2, 0) is 11.3 Å². The minimum atomic E-state index is -0.0360. The van der Waals surface area contributed by atoms with Crippen LogP contribution in [0, 0.1) is 27.7 Å². The summed E-state index contributed by atoms with van der Waals surface area (Å²) in [4.78, 5) is 14.6. The van der Waals surface area contributed by atoms with Crippen molar-refractivity contribution in [2.45, 2.75) is 34.2 Å². The molecule has 0 aliphatic rings. The lowest BCUT2D eigenvalue weighted by Gasteiger charge is -2.18. The first-order chi connectivity index (χ1) is 13.3. The number of amides is 1. The second kappa shape index (κ2) is 8.40. The smallest absolute Gasteiger partial charge is 0.238 e. The molecule has 2 aromatic carbocycles. The molecule has 0 aliphatic carbocycles. The zero-order valence-electron chi connectivity index (χ0n) is 17.3. The van der Waals surface area contributed by atoms with Crippen LogP contribution in [0.15, 0.2) is 48.5 Å². The lowest BCUT2D eigenvalue weighted by molar-refractivity contribution is -0.117. The Morgan fingerprint density at radius 3 is 2.46 bits per heavy atom.